The molecule has 0 aliphatic carbocycles. The molecular formula is C18H24N2. The largest absolute Gasteiger partial charge is 0.328 e. The lowest BCUT2D eigenvalue weighted by atomic mass is 10.2. The molecule has 0 amide bonds. The molecule has 0 bridgehead atoms. The number of pyridine rings is 1. The van der Waals surface area contributed by atoms with E-state index in [-0.39, 0.29) is 0 Å². The molecule has 0 N–H and O–H groups in total. The van der Waals surface area contributed by atoms with E-state index < -0.39 is 0 Å². The van der Waals surface area contributed by atoms with Crippen molar-refractivity contribution in [2.75, 3.05) is 0 Å². The monoisotopic (exact) mass is 268 g/mol. The second kappa shape index (κ2) is 8.16. The zero-order chi connectivity index (χ0) is 15.0. The Hall–Kier alpha value is -2.09. The third-order valence-corrected chi connectivity index (χ3v) is 2.99. The Kier molecular flexibility index (Phi) is 6.51. The Balaban J connectivity index is 0.000000291. The first-order valence-electron chi connectivity index (χ1n) is 7.15. The second-order valence-corrected chi connectivity index (χ2v) is 4.12. The van der Waals surface area contributed by atoms with Gasteiger partial charge in [0.15, 0.2) is 0 Å². The van der Waals surface area contributed by atoms with Gasteiger partial charge in [-0.3, -0.25) is 0 Å². The molecule has 0 unspecified atom stereocenters. The van der Waals surface area contributed by atoms with Crippen LogP contribution in [0.15, 0.2) is 54.7 Å². The molecule has 0 atom stereocenters. The molecule has 3 aromatic rings. The van der Waals surface area contributed by atoms with Gasteiger partial charge in [-0.2, -0.15) is 0 Å². The topological polar surface area (TPSA) is 17.8 Å². The predicted molar refractivity (Wildman–Crippen MR) is 90.1 cm³/mol. The minimum Gasteiger partial charge on any atom is -0.328 e. The van der Waals surface area contributed by atoms with Gasteiger partial charge >= 0.3 is 0 Å². The SMILES string of the molecule is C/C=C\C.CC.Cn1c2ccccc2c2cccnc21. The first kappa shape index (κ1) is 16.0. The van der Waals surface area contributed by atoms with Gasteiger partial charge in [0.1, 0.15) is 5.65 Å². The number of benzene rings is 1. The zero-order valence-corrected chi connectivity index (χ0v) is 13.1. The third kappa shape index (κ3) is 3.27. The maximum absolute atomic E-state index is 4.38. The van der Waals surface area contributed by atoms with Crippen LogP contribution in [0, 0.1) is 0 Å². The smallest absolute Gasteiger partial charge is 0.140 e. The summed E-state index contributed by atoms with van der Waals surface area (Å²) in [6.45, 7) is 8.00. The molecule has 0 saturated carbocycles. The van der Waals surface area contributed by atoms with E-state index in [0.29, 0.717) is 0 Å². The lowest BCUT2D eigenvalue weighted by Crippen LogP contribution is -1.87. The molecule has 2 heteroatoms. The van der Waals surface area contributed by atoms with Gasteiger partial charge in [0.2, 0.25) is 0 Å². The van der Waals surface area contributed by atoms with Crippen molar-refractivity contribution in [1.82, 2.24) is 9.55 Å². The Morgan fingerprint density at radius 1 is 0.900 bits per heavy atom. The zero-order valence-electron chi connectivity index (χ0n) is 13.1. The van der Waals surface area contributed by atoms with Crippen molar-refractivity contribution in [1.29, 1.82) is 0 Å². The van der Waals surface area contributed by atoms with E-state index in [1.54, 1.807) is 0 Å². The highest BCUT2D eigenvalue weighted by molar-refractivity contribution is 6.06. The average Bonchev–Trinajstić information content (AvgIpc) is 2.84. The summed E-state index contributed by atoms with van der Waals surface area (Å²) >= 11 is 0. The van der Waals surface area contributed by atoms with Crippen molar-refractivity contribution in [3.8, 4) is 0 Å². The van der Waals surface area contributed by atoms with Crippen LogP contribution < -0.4 is 0 Å². The Bertz CT molecular complexity index is 621. The molecule has 1 aromatic carbocycles. The van der Waals surface area contributed by atoms with Crippen molar-refractivity contribution >= 4 is 21.9 Å². The van der Waals surface area contributed by atoms with E-state index in [4.69, 9.17) is 0 Å². The molecule has 0 aliphatic rings. The van der Waals surface area contributed by atoms with Gasteiger partial charge in [-0.15, -0.1) is 0 Å². The number of para-hydroxylation sites is 1. The van der Waals surface area contributed by atoms with Crippen LogP contribution in [0.2, 0.25) is 0 Å². The fraction of sp³-hybridized carbons (Fsp3) is 0.278. The van der Waals surface area contributed by atoms with E-state index in [1.807, 2.05) is 52.1 Å². The van der Waals surface area contributed by atoms with E-state index >= 15 is 0 Å². The molecule has 3 rings (SSSR count). The summed E-state index contributed by atoms with van der Waals surface area (Å²) in [4.78, 5) is 4.38. The molecule has 0 aliphatic heterocycles. The number of rotatable bonds is 0. The molecule has 20 heavy (non-hydrogen) atoms. The summed E-state index contributed by atoms with van der Waals surface area (Å²) in [5.74, 6) is 0. The molecular weight excluding hydrogens is 244 g/mol. The maximum atomic E-state index is 4.38. The standard InChI is InChI=1S/C12H10N2.C4H8.C2H6/c1-14-11-7-3-2-5-9(11)10-6-4-8-13-12(10)14;1-3-4-2;1-2/h2-8H,1H3;3-4H,1-2H3;1-2H3/b;4-3-;. The van der Waals surface area contributed by atoms with Gasteiger partial charge in [0.05, 0.1) is 5.52 Å². The van der Waals surface area contributed by atoms with Crippen LogP contribution in [0.3, 0.4) is 0 Å². The normalized spacial score (nSPS) is 10.1. The highest BCUT2D eigenvalue weighted by atomic mass is 15.0. The minimum atomic E-state index is 1.05. The van der Waals surface area contributed by atoms with Crippen LogP contribution in [0.4, 0.5) is 0 Å². The molecule has 0 radical (unpaired) electrons. The van der Waals surface area contributed by atoms with Crippen molar-refractivity contribution < 1.29 is 0 Å². The fourth-order valence-electron chi connectivity index (χ4n) is 1.98. The predicted octanol–water partition coefficient (Wildman–Crippen LogP) is 5.34. The number of aryl methyl sites for hydroxylation is 1. The fourth-order valence-corrected chi connectivity index (χ4v) is 1.98. The second-order valence-electron chi connectivity index (χ2n) is 4.12. The Morgan fingerprint density at radius 3 is 2.15 bits per heavy atom. The van der Waals surface area contributed by atoms with Crippen LogP contribution in [-0.2, 0) is 7.05 Å². The first-order chi connectivity index (χ1) is 9.79. The van der Waals surface area contributed by atoms with E-state index in [1.165, 1.54) is 16.3 Å². The molecule has 0 fully saturated rings. The summed E-state index contributed by atoms with van der Waals surface area (Å²) in [6.07, 6.45) is 5.83. The maximum Gasteiger partial charge on any atom is 0.140 e. The molecule has 106 valence electrons. The van der Waals surface area contributed by atoms with Gasteiger partial charge in [-0.25, -0.2) is 4.98 Å². The summed E-state index contributed by atoms with van der Waals surface area (Å²) in [6, 6.07) is 12.5. The highest BCUT2D eigenvalue weighted by Gasteiger charge is 2.06. The minimum absolute atomic E-state index is 1.05. The van der Waals surface area contributed by atoms with Gasteiger partial charge < -0.3 is 4.57 Å². The summed E-state index contributed by atoms with van der Waals surface area (Å²) in [5, 5.41) is 2.50. The van der Waals surface area contributed by atoms with Crippen LogP contribution >= 0.6 is 0 Å². The molecule has 2 heterocycles. The van der Waals surface area contributed by atoms with Crippen molar-refractivity contribution in [2.45, 2.75) is 27.7 Å². The lowest BCUT2D eigenvalue weighted by Gasteiger charge is -1.94. The Labute approximate surface area is 121 Å². The molecule has 0 spiro atoms. The quantitative estimate of drug-likeness (QED) is 0.503. The van der Waals surface area contributed by atoms with Crippen LogP contribution in [0.1, 0.15) is 27.7 Å². The number of fused-ring (bicyclic) bond motifs is 3. The van der Waals surface area contributed by atoms with E-state index in [0.717, 1.165) is 5.65 Å². The number of aromatic nitrogens is 2. The van der Waals surface area contributed by atoms with Crippen molar-refractivity contribution in [2.24, 2.45) is 7.05 Å². The number of allylic oxidation sites excluding steroid dienone is 2. The Morgan fingerprint density at radius 2 is 1.50 bits per heavy atom. The van der Waals surface area contributed by atoms with Crippen molar-refractivity contribution in [3.63, 3.8) is 0 Å². The first-order valence-corrected chi connectivity index (χ1v) is 7.15. The summed E-state index contributed by atoms with van der Waals surface area (Å²) < 4.78 is 2.13. The van der Waals surface area contributed by atoms with Gasteiger partial charge in [-0.1, -0.05) is 44.2 Å². The summed E-state index contributed by atoms with van der Waals surface area (Å²) in [5.41, 5.74) is 2.29. The molecule has 0 saturated heterocycles. The van der Waals surface area contributed by atoms with Gasteiger partial charge in [-0.05, 0) is 32.0 Å². The summed E-state index contributed by atoms with van der Waals surface area (Å²) in [7, 11) is 2.05. The van der Waals surface area contributed by atoms with Crippen LogP contribution in [-0.4, -0.2) is 9.55 Å². The van der Waals surface area contributed by atoms with E-state index in [9.17, 15) is 0 Å². The van der Waals surface area contributed by atoms with Crippen LogP contribution in [0.5, 0.6) is 0 Å². The van der Waals surface area contributed by atoms with Gasteiger partial charge in [0.25, 0.3) is 0 Å². The number of hydrogen-bond donors (Lipinski definition) is 0. The molecule has 2 aromatic heterocycles. The average molecular weight is 268 g/mol. The van der Waals surface area contributed by atoms with Crippen molar-refractivity contribution in [3.05, 3.63) is 54.7 Å². The number of hydrogen-bond acceptors (Lipinski definition) is 1. The van der Waals surface area contributed by atoms with E-state index in [2.05, 4.69) is 46.9 Å². The third-order valence-electron chi connectivity index (χ3n) is 2.99. The number of nitrogens with zero attached hydrogens (tertiary/aromatic N) is 2. The highest BCUT2D eigenvalue weighted by Crippen LogP contribution is 2.25. The molecule has 2 nitrogen and oxygen atoms in total. The van der Waals surface area contributed by atoms with Gasteiger partial charge in [0, 0.05) is 24.0 Å². The lowest BCUT2D eigenvalue weighted by molar-refractivity contribution is 0.990. The van der Waals surface area contributed by atoms with Crippen LogP contribution in [0.25, 0.3) is 21.9 Å².